The van der Waals surface area contributed by atoms with Gasteiger partial charge in [-0.2, -0.15) is 0 Å². The number of hydrogen-bond acceptors (Lipinski definition) is 2. The van der Waals surface area contributed by atoms with Crippen LogP contribution in [0.15, 0.2) is 18.2 Å². The number of anilines is 1. The van der Waals surface area contributed by atoms with E-state index in [0.717, 1.165) is 5.56 Å². The molecule has 0 radical (unpaired) electrons. The summed E-state index contributed by atoms with van der Waals surface area (Å²) in [5.74, 6) is -1.68. The highest BCUT2D eigenvalue weighted by atomic mass is 19.1. The minimum atomic E-state index is -0.864. The third kappa shape index (κ3) is 3.23. The largest absolute Gasteiger partial charge is 0.481 e. The van der Waals surface area contributed by atoms with Crippen molar-refractivity contribution in [2.45, 2.75) is 13.8 Å². The number of aryl methyl sites for hydroxylation is 1. The smallest absolute Gasteiger partial charge is 0.308 e. The van der Waals surface area contributed by atoms with Crippen LogP contribution in [0.1, 0.15) is 12.5 Å². The fourth-order valence-corrected chi connectivity index (χ4v) is 1.14. The normalized spacial score (nSPS) is 12.2. The molecule has 0 spiro atoms. The van der Waals surface area contributed by atoms with Crippen LogP contribution in [0, 0.1) is 18.7 Å². The van der Waals surface area contributed by atoms with Gasteiger partial charge in [0.25, 0.3) is 0 Å². The molecule has 0 fully saturated rings. The Balaban J connectivity index is 2.65. The van der Waals surface area contributed by atoms with Crippen LogP contribution in [-0.2, 0) is 4.79 Å². The Hall–Kier alpha value is -1.58. The maximum Gasteiger partial charge on any atom is 0.308 e. The van der Waals surface area contributed by atoms with Gasteiger partial charge in [0.2, 0.25) is 0 Å². The van der Waals surface area contributed by atoms with E-state index in [1.54, 1.807) is 13.0 Å². The SMILES string of the molecule is Cc1ccc(F)cc1NCC(C)C(=O)O. The van der Waals surface area contributed by atoms with Gasteiger partial charge in [0, 0.05) is 12.2 Å². The van der Waals surface area contributed by atoms with E-state index in [0.29, 0.717) is 12.2 Å². The summed E-state index contributed by atoms with van der Waals surface area (Å²) in [5.41, 5.74) is 1.54. The van der Waals surface area contributed by atoms with Gasteiger partial charge in [-0.15, -0.1) is 0 Å². The van der Waals surface area contributed by atoms with Crippen LogP contribution in [0.25, 0.3) is 0 Å². The second kappa shape index (κ2) is 4.77. The molecule has 1 unspecified atom stereocenters. The van der Waals surface area contributed by atoms with Gasteiger partial charge in [0.15, 0.2) is 0 Å². The average Bonchev–Trinajstić information content (AvgIpc) is 2.18. The molecule has 1 aromatic rings. The van der Waals surface area contributed by atoms with E-state index in [1.165, 1.54) is 12.1 Å². The second-order valence-electron chi connectivity index (χ2n) is 3.58. The molecule has 15 heavy (non-hydrogen) atoms. The highest BCUT2D eigenvalue weighted by Gasteiger charge is 2.10. The number of rotatable bonds is 4. The summed E-state index contributed by atoms with van der Waals surface area (Å²) in [4.78, 5) is 10.6. The topological polar surface area (TPSA) is 49.3 Å². The van der Waals surface area contributed by atoms with E-state index in [2.05, 4.69) is 5.32 Å². The van der Waals surface area contributed by atoms with Crippen LogP contribution >= 0.6 is 0 Å². The lowest BCUT2D eigenvalue weighted by Crippen LogP contribution is -2.19. The standard InChI is InChI=1S/C11H14FNO2/c1-7-3-4-9(12)5-10(7)13-6-8(2)11(14)15/h3-5,8,13H,6H2,1-2H3,(H,14,15). The van der Waals surface area contributed by atoms with E-state index in [-0.39, 0.29) is 5.82 Å². The summed E-state index contributed by atoms with van der Waals surface area (Å²) >= 11 is 0. The zero-order valence-electron chi connectivity index (χ0n) is 8.75. The summed E-state index contributed by atoms with van der Waals surface area (Å²) in [5, 5.41) is 11.6. The van der Waals surface area contributed by atoms with Crippen molar-refractivity contribution in [3.8, 4) is 0 Å². The molecule has 3 nitrogen and oxygen atoms in total. The minimum absolute atomic E-state index is 0.291. The number of halogens is 1. The Kier molecular flexibility index (Phi) is 3.66. The first kappa shape index (κ1) is 11.5. The van der Waals surface area contributed by atoms with Crippen LogP contribution in [0.2, 0.25) is 0 Å². The van der Waals surface area contributed by atoms with Gasteiger partial charge in [0.05, 0.1) is 5.92 Å². The number of benzene rings is 1. The van der Waals surface area contributed by atoms with Gasteiger partial charge >= 0.3 is 5.97 Å². The van der Waals surface area contributed by atoms with Gasteiger partial charge in [-0.3, -0.25) is 4.79 Å². The first-order valence-electron chi connectivity index (χ1n) is 4.73. The molecule has 0 aliphatic heterocycles. The third-order valence-corrected chi connectivity index (χ3v) is 2.22. The van der Waals surface area contributed by atoms with E-state index in [1.807, 2.05) is 6.92 Å². The number of hydrogen-bond donors (Lipinski definition) is 2. The van der Waals surface area contributed by atoms with Gasteiger partial charge in [0.1, 0.15) is 5.82 Å². The zero-order valence-corrected chi connectivity index (χ0v) is 8.75. The molecule has 1 atom stereocenters. The summed E-state index contributed by atoms with van der Waals surface area (Å²) < 4.78 is 12.9. The Morgan fingerprint density at radius 3 is 2.87 bits per heavy atom. The monoisotopic (exact) mass is 211 g/mol. The molecule has 1 rings (SSSR count). The first-order valence-corrected chi connectivity index (χ1v) is 4.73. The predicted molar refractivity (Wildman–Crippen MR) is 56.4 cm³/mol. The van der Waals surface area contributed by atoms with E-state index < -0.39 is 11.9 Å². The molecule has 0 aromatic heterocycles. The molecule has 0 bridgehead atoms. The highest BCUT2D eigenvalue weighted by molar-refractivity contribution is 5.70. The highest BCUT2D eigenvalue weighted by Crippen LogP contribution is 2.16. The van der Waals surface area contributed by atoms with Crippen molar-refractivity contribution in [3.63, 3.8) is 0 Å². The Bertz CT molecular complexity index is 366. The average molecular weight is 211 g/mol. The molecule has 0 saturated carbocycles. The third-order valence-electron chi connectivity index (χ3n) is 2.22. The quantitative estimate of drug-likeness (QED) is 0.803. The summed E-state index contributed by atoms with van der Waals surface area (Å²) in [6.45, 7) is 3.73. The molecule has 0 saturated heterocycles. The van der Waals surface area contributed by atoms with Crippen LogP contribution in [-0.4, -0.2) is 17.6 Å². The number of carboxylic acid groups (broad SMARTS) is 1. The summed E-state index contributed by atoms with van der Waals surface area (Å²) in [6, 6.07) is 4.40. The van der Waals surface area contributed by atoms with E-state index in [4.69, 9.17) is 5.11 Å². The van der Waals surface area contributed by atoms with Crippen molar-refractivity contribution in [1.29, 1.82) is 0 Å². The summed E-state index contributed by atoms with van der Waals surface area (Å²) in [6.07, 6.45) is 0. The lowest BCUT2D eigenvalue weighted by molar-refractivity contribution is -0.140. The number of carbonyl (C=O) groups is 1. The maximum absolute atomic E-state index is 12.9. The predicted octanol–water partition coefficient (Wildman–Crippen LogP) is 2.27. The van der Waals surface area contributed by atoms with Gasteiger partial charge in [-0.1, -0.05) is 13.0 Å². The maximum atomic E-state index is 12.9. The van der Waals surface area contributed by atoms with Crippen LogP contribution in [0.4, 0.5) is 10.1 Å². The molecular formula is C11H14FNO2. The van der Waals surface area contributed by atoms with E-state index in [9.17, 15) is 9.18 Å². The number of carboxylic acids is 1. The molecule has 1 aromatic carbocycles. The number of aliphatic carboxylic acids is 1. The van der Waals surface area contributed by atoms with E-state index >= 15 is 0 Å². The van der Waals surface area contributed by atoms with Crippen molar-refractivity contribution in [3.05, 3.63) is 29.6 Å². The van der Waals surface area contributed by atoms with Crippen molar-refractivity contribution >= 4 is 11.7 Å². The summed E-state index contributed by atoms with van der Waals surface area (Å²) in [7, 11) is 0. The number of nitrogens with one attached hydrogen (secondary N) is 1. The molecule has 0 heterocycles. The Morgan fingerprint density at radius 2 is 2.27 bits per heavy atom. The lowest BCUT2D eigenvalue weighted by atomic mass is 10.1. The van der Waals surface area contributed by atoms with Gasteiger partial charge in [-0.05, 0) is 24.6 Å². The van der Waals surface area contributed by atoms with Gasteiger partial charge < -0.3 is 10.4 Å². The zero-order chi connectivity index (χ0) is 11.4. The fourth-order valence-electron chi connectivity index (χ4n) is 1.14. The molecule has 82 valence electrons. The Labute approximate surface area is 87.9 Å². The van der Waals surface area contributed by atoms with Crippen LogP contribution in [0.3, 0.4) is 0 Å². The lowest BCUT2D eigenvalue weighted by Gasteiger charge is -2.11. The molecule has 2 N–H and O–H groups in total. The molecule has 0 aliphatic rings. The van der Waals surface area contributed by atoms with Crippen LogP contribution in [0.5, 0.6) is 0 Å². The fraction of sp³-hybridized carbons (Fsp3) is 0.364. The first-order chi connectivity index (χ1) is 7.00. The van der Waals surface area contributed by atoms with Crippen molar-refractivity contribution in [2.24, 2.45) is 5.92 Å². The molecule has 0 aliphatic carbocycles. The van der Waals surface area contributed by atoms with Crippen molar-refractivity contribution in [2.75, 3.05) is 11.9 Å². The Morgan fingerprint density at radius 1 is 1.60 bits per heavy atom. The molecule has 0 amide bonds. The second-order valence-corrected chi connectivity index (χ2v) is 3.58. The van der Waals surface area contributed by atoms with Crippen molar-refractivity contribution < 1.29 is 14.3 Å². The van der Waals surface area contributed by atoms with Gasteiger partial charge in [-0.25, -0.2) is 4.39 Å². The van der Waals surface area contributed by atoms with Crippen molar-refractivity contribution in [1.82, 2.24) is 0 Å². The molecular weight excluding hydrogens is 197 g/mol. The van der Waals surface area contributed by atoms with Crippen LogP contribution < -0.4 is 5.32 Å². The molecule has 4 heteroatoms. The minimum Gasteiger partial charge on any atom is -0.481 e.